The van der Waals surface area contributed by atoms with Crippen molar-refractivity contribution in [3.63, 3.8) is 0 Å². The van der Waals surface area contributed by atoms with Crippen molar-refractivity contribution in [2.24, 2.45) is 5.73 Å². The lowest BCUT2D eigenvalue weighted by molar-refractivity contribution is -0.119. The third-order valence-electron chi connectivity index (χ3n) is 4.08. The van der Waals surface area contributed by atoms with E-state index in [1.54, 1.807) is 0 Å². The number of aryl methyl sites for hydroxylation is 1. The molecule has 1 heterocycles. The first-order valence-corrected chi connectivity index (χ1v) is 7.82. The third-order valence-corrected chi connectivity index (χ3v) is 4.08. The number of hydrogen-bond acceptors (Lipinski definition) is 2. The predicted molar refractivity (Wildman–Crippen MR) is 83.8 cm³/mol. The summed E-state index contributed by atoms with van der Waals surface area (Å²) in [7, 11) is 0. The van der Waals surface area contributed by atoms with Crippen LogP contribution in [-0.2, 0) is 4.79 Å². The van der Waals surface area contributed by atoms with Crippen molar-refractivity contribution in [3.05, 3.63) is 29.3 Å². The Labute approximate surface area is 122 Å². The summed E-state index contributed by atoms with van der Waals surface area (Å²) in [6.45, 7) is 5.06. The van der Waals surface area contributed by atoms with Crippen molar-refractivity contribution in [3.8, 4) is 0 Å². The first kappa shape index (κ1) is 15.0. The van der Waals surface area contributed by atoms with E-state index in [2.05, 4.69) is 13.0 Å². The van der Waals surface area contributed by atoms with Crippen molar-refractivity contribution in [2.75, 3.05) is 11.4 Å². The summed E-state index contributed by atoms with van der Waals surface area (Å²) in [4.78, 5) is 14.1. The fourth-order valence-corrected chi connectivity index (χ4v) is 2.87. The van der Waals surface area contributed by atoms with E-state index < -0.39 is 6.04 Å². The highest BCUT2D eigenvalue weighted by atomic mass is 16.2. The number of carbonyl (C=O) groups excluding carboxylic acids is 1. The number of nitrogens with zero attached hydrogens (tertiary/aromatic N) is 1. The van der Waals surface area contributed by atoms with E-state index in [0.29, 0.717) is 0 Å². The summed E-state index contributed by atoms with van der Waals surface area (Å²) in [5.41, 5.74) is 9.19. The summed E-state index contributed by atoms with van der Waals surface area (Å²) in [6.07, 6.45) is 7.42. The Morgan fingerprint density at radius 3 is 2.60 bits per heavy atom. The molecule has 0 aromatic heterocycles. The fourth-order valence-electron chi connectivity index (χ4n) is 2.87. The van der Waals surface area contributed by atoms with E-state index in [0.717, 1.165) is 29.8 Å². The number of unbranched alkanes of at least 4 members (excludes halogenated alkanes) is 5. The number of benzene rings is 1. The third kappa shape index (κ3) is 3.21. The minimum Gasteiger partial charge on any atom is -0.316 e. The average Bonchev–Trinajstić information content (AvgIpc) is 2.67. The van der Waals surface area contributed by atoms with Crippen molar-refractivity contribution in [1.29, 1.82) is 0 Å². The highest BCUT2D eigenvalue weighted by molar-refractivity contribution is 6.04. The second kappa shape index (κ2) is 6.89. The van der Waals surface area contributed by atoms with Crippen molar-refractivity contribution in [2.45, 2.75) is 58.4 Å². The Kier molecular flexibility index (Phi) is 5.18. The molecule has 0 saturated carbocycles. The second-order valence-electron chi connectivity index (χ2n) is 5.80. The van der Waals surface area contributed by atoms with Crippen molar-refractivity contribution in [1.82, 2.24) is 0 Å². The van der Waals surface area contributed by atoms with E-state index in [-0.39, 0.29) is 5.91 Å². The Balaban J connectivity index is 1.91. The van der Waals surface area contributed by atoms with Crippen LogP contribution in [0.15, 0.2) is 18.2 Å². The molecule has 0 fully saturated rings. The number of hydrogen-bond donors (Lipinski definition) is 1. The van der Waals surface area contributed by atoms with Gasteiger partial charge in [-0.2, -0.15) is 0 Å². The SMILES string of the molecule is CCCCCCCCN1C(=O)C(N)c2cc(C)ccc21. The van der Waals surface area contributed by atoms with E-state index in [9.17, 15) is 4.79 Å². The molecule has 1 aromatic carbocycles. The Morgan fingerprint density at radius 2 is 1.85 bits per heavy atom. The zero-order valence-corrected chi connectivity index (χ0v) is 12.7. The molecule has 0 radical (unpaired) electrons. The molecule has 3 heteroatoms. The molecule has 1 aliphatic rings. The number of rotatable bonds is 7. The lowest BCUT2D eigenvalue weighted by Gasteiger charge is -2.17. The molecule has 1 atom stereocenters. The van der Waals surface area contributed by atoms with Gasteiger partial charge in [0.05, 0.1) is 0 Å². The highest BCUT2D eigenvalue weighted by Gasteiger charge is 2.34. The van der Waals surface area contributed by atoms with Crippen molar-refractivity contribution >= 4 is 11.6 Å². The van der Waals surface area contributed by atoms with Gasteiger partial charge in [0.15, 0.2) is 0 Å². The molecule has 1 amide bonds. The van der Waals surface area contributed by atoms with Crippen LogP contribution in [0.3, 0.4) is 0 Å². The second-order valence-corrected chi connectivity index (χ2v) is 5.80. The lowest BCUT2D eigenvalue weighted by Crippen LogP contribution is -2.32. The zero-order chi connectivity index (χ0) is 14.5. The van der Waals surface area contributed by atoms with Gasteiger partial charge in [-0.3, -0.25) is 4.79 Å². The van der Waals surface area contributed by atoms with Gasteiger partial charge >= 0.3 is 0 Å². The van der Waals surface area contributed by atoms with Crippen LogP contribution in [0.5, 0.6) is 0 Å². The quantitative estimate of drug-likeness (QED) is 0.771. The number of nitrogens with two attached hydrogens (primary N) is 1. The molecule has 2 N–H and O–H groups in total. The normalized spacial score (nSPS) is 17.6. The predicted octanol–water partition coefficient (Wildman–Crippen LogP) is 3.70. The molecule has 0 saturated heterocycles. The first-order valence-electron chi connectivity index (χ1n) is 7.82. The first-order chi connectivity index (χ1) is 9.65. The minimum absolute atomic E-state index is 0.0548. The molecule has 0 aliphatic carbocycles. The summed E-state index contributed by atoms with van der Waals surface area (Å²) in [5, 5.41) is 0. The monoisotopic (exact) mass is 274 g/mol. The average molecular weight is 274 g/mol. The van der Waals surface area contributed by atoms with Crippen LogP contribution >= 0.6 is 0 Å². The van der Waals surface area contributed by atoms with Gasteiger partial charge in [-0.15, -0.1) is 0 Å². The molecular formula is C17H26N2O. The molecule has 110 valence electrons. The van der Waals surface area contributed by atoms with Crippen LogP contribution in [0.4, 0.5) is 5.69 Å². The molecule has 20 heavy (non-hydrogen) atoms. The van der Waals surface area contributed by atoms with E-state index in [1.807, 2.05) is 24.0 Å². The van der Waals surface area contributed by atoms with Crippen LogP contribution in [0.25, 0.3) is 0 Å². The summed E-state index contributed by atoms with van der Waals surface area (Å²) < 4.78 is 0. The number of amides is 1. The Bertz CT molecular complexity index is 470. The largest absolute Gasteiger partial charge is 0.316 e. The lowest BCUT2D eigenvalue weighted by atomic mass is 10.1. The summed E-state index contributed by atoms with van der Waals surface area (Å²) in [5.74, 6) is 0.0548. The minimum atomic E-state index is -0.468. The van der Waals surface area contributed by atoms with Crippen LogP contribution in [-0.4, -0.2) is 12.5 Å². The summed E-state index contributed by atoms with van der Waals surface area (Å²) >= 11 is 0. The van der Waals surface area contributed by atoms with Gasteiger partial charge in [0.2, 0.25) is 5.91 Å². The molecule has 0 spiro atoms. The molecule has 1 unspecified atom stereocenters. The van der Waals surface area contributed by atoms with Gasteiger partial charge in [0.25, 0.3) is 0 Å². The molecule has 2 rings (SSSR count). The number of fused-ring (bicyclic) bond motifs is 1. The van der Waals surface area contributed by atoms with Crippen LogP contribution < -0.4 is 10.6 Å². The maximum absolute atomic E-state index is 12.2. The van der Waals surface area contributed by atoms with E-state index in [4.69, 9.17) is 5.73 Å². The van der Waals surface area contributed by atoms with Crippen LogP contribution in [0, 0.1) is 6.92 Å². The van der Waals surface area contributed by atoms with Gasteiger partial charge in [0, 0.05) is 17.8 Å². The molecule has 1 aromatic rings. The van der Waals surface area contributed by atoms with Gasteiger partial charge in [0.1, 0.15) is 6.04 Å². The fraction of sp³-hybridized carbons (Fsp3) is 0.588. The van der Waals surface area contributed by atoms with Crippen LogP contribution in [0.1, 0.15) is 62.6 Å². The maximum atomic E-state index is 12.2. The van der Waals surface area contributed by atoms with Gasteiger partial charge in [-0.25, -0.2) is 0 Å². The zero-order valence-electron chi connectivity index (χ0n) is 12.7. The molecule has 3 nitrogen and oxygen atoms in total. The van der Waals surface area contributed by atoms with Gasteiger partial charge in [-0.05, 0) is 19.4 Å². The van der Waals surface area contributed by atoms with E-state index >= 15 is 0 Å². The summed E-state index contributed by atoms with van der Waals surface area (Å²) in [6, 6.07) is 5.66. The topological polar surface area (TPSA) is 46.3 Å². The number of carbonyl (C=O) groups is 1. The Hall–Kier alpha value is -1.35. The highest BCUT2D eigenvalue weighted by Crippen LogP contribution is 2.35. The maximum Gasteiger partial charge on any atom is 0.248 e. The molecule has 0 bridgehead atoms. The Morgan fingerprint density at radius 1 is 1.15 bits per heavy atom. The van der Waals surface area contributed by atoms with Gasteiger partial charge < -0.3 is 10.6 Å². The smallest absolute Gasteiger partial charge is 0.248 e. The standard InChI is InChI=1S/C17H26N2O/c1-3-4-5-6-7-8-11-19-15-10-9-13(2)12-14(15)16(18)17(19)20/h9-10,12,16H,3-8,11,18H2,1-2H3. The van der Waals surface area contributed by atoms with Gasteiger partial charge in [-0.1, -0.05) is 56.7 Å². The molecule has 1 aliphatic heterocycles. The van der Waals surface area contributed by atoms with Crippen LogP contribution in [0.2, 0.25) is 0 Å². The van der Waals surface area contributed by atoms with Crippen molar-refractivity contribution < 1.29 is 4.79 Å². The molecular weight excluding hydrogens is 248 g/mol. The number of anilines is 1. The van der Waals surface area contributed by atoms with E-state index in [1.165, 1.54) is 32.1 Å².